The molecule has 1 fully saturated rings. The molecule has 3 heterocycles. The van der Waals surface area contributed by atoms with Crippen LogP contribution >= 0.6 is 11.6 Å². The molecule has 0 aliphatic carbocycles. The van der Waals surface area contributed by atoms with E-state index in [0.29, 0.717) is 11.6 Å². The van der Waals surface area contributed by atoms with Gasteiger partial charge in [0.2, 0.25) is 0 Å². The number of nitrogens with one attached hydrogen (secondary N) is 1. The number of hydrogen-bond acceptors (Lipinski definition) is 6. The van der Waals surface area contributed by atoms with Crippen LogP contribution in [-0.2, 0) is 23.9 Å². The summed E-state index contributed by atoms with van der Waals surface area (Å²) in [5.41, 5.74) is -0.955. The lowest BCUT2D eigenvalue weighted by atomic mass is 9.91. The van der Waals surface area contributed by atoms with Gasteiger partial charge in [-0.1, -0.05) is 48.0 Å². The number of ether oxygens (including phenoxy) is 2. The first-order chi connectivity index (χ1) is 24.0. The summed E-state index contributed by atoms with van der Waals surface area (Å²) < 4.78 is 129. The quantitative estimate of drug-likeness (QED) is 0.114. The van der Waals surface area contributed by atoms with Crippen molar-refractivity contribution in [2.45, 2.75) is 43.1 Å². The van der Waals surface area contributed by atoms with E-state index in [1.165, 1.54) is 31.6 Å². The lowest BCUT2D eigenvalue weighted by Crippen LogP contribution is -2.45. The molecule has 9 nitrogen and oxygen atoms in total. The molecule has 1 aliphatic heterocycles. The molecule has 1 amide bonds. The van der Waals surface area contributed by atoms with Crippen LogP contribution in [0.4, 0.5) is 45.2 Å². The summed E-state index contributed by atoms with van der Waals surface area (Å²) >= 11 is 5.95. The number of nitrogens with zero attached hydrogens (tertiary/aromatic N) is 5. The Kier molecular flexibility index (Phi) is 10.7. The number of halogens is 10. The summed E-state index contributed by atoms with van der Waals surface area (Å²) in [5.74, 6) is -2.50. The third-order valence-electron chi connectivity index (χ3n) is 7.32. The smallest absolute Gasteiger partial charge is 0.428 e. The van der Waals surface area contributed by atoms with Gasteiger partial charge in [-0.2, -0.15) is 32.1 Å². The monoisotopic (exact) mass is 746 g/mol. The van der Waals surface area contributed by atoms with Crippen molar-refractivity contribution in [1.29, 1.82) is 0 Å². The van der Waals surface area contributed by atoms with Gasteiger partial charge in [0.15, 0.2) is 0 Å². The van der Waals surface area contributed by atoms with Gasteiger partial charge in [-0.15, -0.1) is 0 Å². The molecule has 1 saturated heterocycles. The molecule has 19 heteroatoms. The van der Waals surface area contributed by atoms with Gasteiger partial charge in [-0.3, -0.25) is 9.48 Å². The summed E-state index contributed by atoms with van der Waals surface area (Å²) in [5, 5.41) is 10.1. The number of carbonyl (C=O) groups excluding carboxylic acids is 1. The second-order valence-corrected chi connectivity index (χ2v) is 11.4. The van der Waals surface area contributed by atoms with Crippen LogP contribution in [0.2, 0.25) is 5.02 Å². The number of para-hydroxylation sites is 2. The number of benzene rings is 3. The summed E-state index contributed by atoms with van der Waals surface area (Å²) in [6.45, 7) is 0.462. The standard InChI is InChI=1S/C17H13ClFN3O.C15H11F8N3O2/c18-14-6-4-12(5-7-14)16-17(23-16,9-22-11-20-10-21-22)13-2-1-3-15(19)8-13;1-26-6-7(10(25-26)11(16)17)12(27)24-8-4-2-3-5-9(8)28-15(22,23)13(18)14(19,20)21/h1-8,10-11,16H,9H2;2-6,11,13H,1H3,(H,24,27). The van der Waals surface area contributed by atoms with E-state index in [1.807, 2.05) is 35.6 Å². The van der Waals surface area contributed by atoms with Gasteiger partial charge in [-0.25, -0.2) is 27.2 Å². The van der Waals surface area contributed by atoms with Crippen molar-refractivity contribution in [1.82, 2.24) is 24.5 Å². The minimum Gasteiger partial charge on any atom is -0.428 e. The van der Waals surface area contributed by atoms with Crippen LogP contribution in [0, 0.1) is 5.82 Å². The van der Waals surface area contributed by atoms with Crippen LogP contribution in [-0.4, -0.2) is 48.9 Å². The third kappa shape index (κ3) is 8.62. The van der Waals surface area contributed by atoms with Crippen molar-refractivity contribution in [3.8, 4) is 5.75 Å². The van der Waals surface area contributed by atoms with Gasteiger partial charge in [0.1, 0.15) is 41.6 Å². The first-order valence-electron chi connectivity index (χ1n) is 14.5. The Bertz CT molecular complexity index is 1960. The SMILES string of the molecule is Cn1cc(C(=O)Nc2ccccc2OC(F)(F)C(F)C(F)(F)F)c(C(F)F)n1.Fc1cccc(C2(Cn3cncn3)OC2c2ccc(Cl)cc2)c1. The maximum Gasteiger partial charge on any atom is 0.439 e. The van der Waals surface area contributed by atoms with Crippen LogP contribution in [0.3, 0.4) is 0 Å². The highest BCUT2D eigenvalue weighted by atomic mass is 35.5. The lowest BCUT2D eigenvalue weighted by Gasteiger charge is -2.24. The second kappa shape index (κ2) is 14.6. The Morgan fingerprint density at radius 1 is 1.04 bits per heavy atom. The fourth-order valence-electron chi connectivity index (χ4n) is 4.97. The Labute approximate surface area is 287 Å². The molecule has 0 radical (unpaired) electrons. The van der Waals surface area contributed by atoms with Crippen LogP contribution in [0.25, 0.3) is 0 Å². The van der Waals surface area contributed by atoms with E-state index in [9.17, 15) is 44.3 Å². The molecule has 3 aromatic carbocycles. The molecule has 1 aliphatic rings. The van der Waals surface area contributed by atoms with Gasteiger partial charge in [0.05, 0.1) is 17.8 Å². The van der Waals surface area contributed by atoms with Gasteiger partial charge in [0.25, 0.3) is 18.5 Å². The number of rotatable bonds is 10. The Morgan fingerprint density at radius 3 is 2.37 bits per heavy atom. The number of hydrogen-bond donors (Lipinski definition) is 1. The Hall–Kier alpha value is -5.10. The normalized spacial score (nSPS) is 17.8. The number of amides is 1. The summed E-state index contributed by atoms with van der Waals surface area (Å²) in [4.78, 5) is 16.1. The molecule has 51 heavy (non-hydrogen) atoms. The van der Waals surface area contributed by atoms with E-state index in [1.54, 1.807) is 17.1 Å². The van der Waals surface area contributed by atoms with Crippen molar-refractivity contribution < 1.29 is 53.8 Å². The van der Waals surface area contributed by atoms with Crippen LogP contribution in [0.1, 0.15) is 39.7 Å². The molecule has 0 bridgehead atoms. The number of epoxide rings is 1. The highest BCUT2D eigenvalue weighted by Gasteiger charge is 2.60. The average molecular weight is 747 g/mol. The van der Waals surface area contributed by atoms with E-state index in [4.69, 9.17) is 16.3 Å². The summed E-state index contributed by atoms with van der Waals surface area (Å²) in [6, 6.07) is 17.9. The van der Waals surface area contributed by atoms with Gasteiger partial charge < -0.3 is 14.8 Å². The van der Waals surface area contributed by atoms with Gasteiger partial charge in [-0.05, 0) is 47.5 Å². The zero-order valence-electron chi connectivity index (χ0n) is 25.8. The van der Waals surface area contributed by atoms with Crippen molar-refractivity contribution >= 4 is 23.2 Å². The molecule has 6 rings (SSSR count). The first kappa shape index (κ1) is 37.2. The number of carbonyl (C=O) groups is 1. The molecule has 3 atom stereocenters. The first-order valence-corrected chi connectivity index (χ1v) is 14.9. The predicted molar refractivity (Wildman–Crippen MR) is 162 cm³/mol. The largest absolute Gasteiger partial charge is 0.439 e. The van der Waals surface area contributed by atoms with Crippen LogP contribution in [0.15, 0.2) is 91.6 Å². The molecular weight excluding hydrogens is 723 g/mol. The number of aryl methyl sites for hydroxylation is 1. The maximum absolute atomic E-state index is 13.7. The molecule has 3 unspecified atom stereocenters. The highest BCUT2D eigenvalue weighted by Crippen LogP contribution is 2.58. The summed E-state index contributed by atoms with van der Waals surface area (Å²) in [7, 11) is 1.25. The lowest BCUT2D eigenvalue weighted by molar-refractivity contribution is -0.304. The van der Waals surface area contributed by atoms with Crippen molar-refractivity contribution in [3.05, 3.63) is 125 Å². The van der Waals surface area contributed by atoms with Gasteiger partial charge >= 0.3 is 12.3 Å². The fraction of sp³-hybridized carbons (Fsp3) is 0.250. The molecule has 0 spiro atoms. The minimum absolute atomic E-state index is 0.175. The number of aromatic nitrogens is 5. The second-order valence-electron chi connectivity index (χ2n) is 11.0. The summed E-state index contributed by atoms with van der Waals surface area (Å²) in [6.07, 6.45) is -15.1. The molecule has 270 valence electrons. The predicted octanol–water partition coefficient (Wildman–Crippen LogP) is 8.22. The molecule has 2 aromatic heterocycles. The van der Waals surface area contributed by atoms with E-state index in [2.05, 4.69) is 19.9 Å². The Morgan fingerprint density at radius 2 is 1.75 bits per heavy atom. The molecular formula is C32H24ClF9N6O3. The maximum atomic E-state index is 13.7. The number of alkyl halides is 8. The zero-order chi connectivity index (χ0) is 37.1. The van der Waals surface area contributed by atoms with Crippen molar-refractivity contribution in [2.75, 3.05) is 5.32 Å². The van der Waals surface area contributed by atoms with Crippen molar-refractivity contribution in [3.63, 3.8) is 0 Å². The van der Waals surface area contributed by atoms with Crippen LogP contribution < -0.4 is 10.1 Å². The fourth-order valence-corrected chi connectivity index (χ4v) is 5.09. The van der Waals surface area contributed by atoms with Crippen molar-refractivity contribution in [2.24, 2.45) is 7.05 Å². The number of anilines is 1. The Balaban J connectivity index is 0.000000201. The van der Waals surface area contributed by atoms with E-state index in [-0.39, 0.29) is 11.9 Å². The zero-order valence-corrected chi connectivity index (χ0v) is 26.6. The van der Waals surface area contributed by atoms with Gasteiger partial charge in [0, 0.05) is 18.3 Å². The van der Waals surface area contributed by atoms with Crippen LogP contribution in [0.5, 0.6) is 5.75 Å². The topological polar surface area (TPSA) is 99.4 Å². The molecule has 0 saturated carbocycles. The molecule has 1 N–H and O–H groups in total. The average Bonchev–Trinajstić information content (AvgIpc) is 3.34. The third-order valence-corrected chi connectivity index (χ3v) is 7.57. The minimum atomic E-state index is -5.90. The van der Waals surface area contributed by atoms with E-state index in [0.717, 1.165) is 40.2 Å². The van der Waals surface area contributed by atoms with E-state index < -0.39 is 59.1 Å². The molecule has 5 aromatic rings. The van der Waals surface area contributed by atoms with E-state index >= 15 is 0 Å². The highest BCUT2D eigenvalue weighted by molar-refractivity contribution is 6.30.